The molecular weight excluding hydrogens is 326 g/mol. The molecule has 0 aliphatic carbocycles. The summed E-state index contributed by atoms with van der Waals surface area (Å²) in [4.78, 5) is 11.9. The fourth-order valence-electron chi connectivity index (χ4n) is 2.28. The Labute approximate surface area is 134 Å². The van der Waals surface area contributed by atoms with E-state index < -0.39 is 0 Å². The Bertz CT molecular complexity index is 610. The summed E-state index contributed by atoms with van der Waals surface area (Å²) in [7, 11) is 0. The van der Waals surface area contributed by atoms with E-state index in [4.69, 9.17) is 0 Å². The van der Waals surface area contributed by atoms with Crippen LogP contribution in [0.5, 0.6) is 0 Å². The van der Waals surface area contributed by atoms with Gasteiger partial charge in [0, 0.05) is 11.0 Å². The average Bonchev–Trinajstić information content (AvgIpc) is 2.44. The van der Waals surface area contributed by atoms with E-state index in [-0.39, 0.29) is 5.91 Å². The highest BCUT2D eigenvalue weighted by Gasteiger charge is 2.03. The Morgan fingerprint density at radius 2 is 1.86 bits per heavy atom. The lowest BCUT2D eigenvalue weighted by atomic mass is 10.1. The third-order valence-electron chi connectivity index (χ3n) is 3.30. The number of aryl methyl sites for hydroxylation is 2. The molecule has 0 unspecified atom stereocenters. The molecule has 0 aliphatic rings. The first-order valence-electron chi connectivity index (χ1n) is 7.20. The monoisotopic (exact) mass is 345 g/mol. The maximum atomic E-state index is 11.9. The van der Waals surface area contributed by atoms with Gasteiger partial charge in [0.15, 0.2) is 0 Å². The largest absolute Gasteiger partial charge is 0.356 e. The average molecular weight is 346 g/mol. The molecule has 1 amide bonds. The van der Waals surface area contributed by atoms with Crippen molar-refractivity contribution in [3.63, 3.8) is 0 Å². The van der Waals surface area contributed by atoms with Crippen molar-refractivity contribution in [3.8, 4) is 0 Å². The van der Waals surface area contributed by atoms with Gasteiger partial charge in [-0.05, 0) is 43.0 Å². The minimum absolute atomic E-state index is 0.0809. The van der Waals surface area contributed by atoms with Gasteiger partial charge >= 0.3 is 0 Å². The van der Waals surface area contributed by atoms with Crippen molar-refractivity contribution in [1.29, 1.82) is 0 Å². The van der Waals surface area contributed by atoms with Crippen LogP contribution in [0.3, 0.4) is 0 Å². The van der Waals surface area contributed by atoms with Crippen LogP contribution < -0.4 is 5.32 Å². The number of hydrogen-bond donors (Lipinski definition) is 1. The number of rotatable bonds is 6. The third kappa shape index (κ3) is 5.72. The fraction of sp³-hybridized carbons (Fsp3) is 0.278. The molecule has 0 heterocycles. The molecule has 0 fully saturated rings. The second kappa shape index (κ2) is 7.99. The normalized spacial score (nSPS) is 10.4. The first-order valence-corrected chi connectivity index (χ1v) is 7.99. The molecule has 110 valence electrons. The number of carbonyl (C=O) groups is 1. The summed E-state index contributed by atoms with van der Waals surface area (Å²) >= 11 is 3.42. The van der Waals surface area contributed by atoms with E-state index in [0.717, 1.165) is 29.4 Å². The van der Waals surface area contributed by atoms with Crippen molar-refractivity contribution in [2.75, 3.05) is 6.54 Å². The van der Waals surface area contributed by atoms with Crippen molar-refractivity contribution in [2.45, 2.75) is 26.2 Å². The highest BCUT2D eigenvalue weighted by molar-refractivity contribution is 9.10. The predicted octanol–water partition coefficient (Wildman–Crippen LogP) is 4.05. The molecule has 3 heteroatoms. The highest BCUT2D eigenvalue weighted by Crippen LogP contribution is 2.12. The standard InChI is InChI=1S/C18H20BrNO/c1-14-5-2-6-15(11-14)8-4-10-20-18(21)13-16-7-3-9-17(19)12-16/h2-3,5-7,9,11-12H,4,8,10,13H2,1H3,(H,20,21). The zero-order chi connectivity index (χ0) is 15.1. The Morgan fingerprint density at radius 3 is 2.62 bits per heavy atom. The molecule has 2 aromatic carbocycles. The minimum atomic E-state index is 0.0809. The number of amides is 1. The second-order valence-corrected chi connectivity index (χ2v) is 6.16. The van der Waals surface area contributed by atoms with Crippen molar-refractivity contribution >= 4 is 21.8 Å². The molecule has 0 atom stereocenters. The maximum absolute atomic E-state index is 11.9. The first kappa shape index (κ1) is 15.8. The molecule has 0 bridgehead atoms. The Balaban J connectivity index is 1.70. The summed E-state index contributed by atoms with van der Waals surface area (Å²) in [6, 6.07) is 16.4. The second-order valence-electron chi connectivity index (χ2n) is 5.25. The molecule has 2 aromatic rings. The molecule has 1 N–H and O–H groups in total. The molecular formula is C18H20BrNO. The summed E-state index contributed by atoms with van der Waals surface area (Å²) in [6.07, 6.45) is 2.40. The van der Waals surface area contributed by atoms with Crippen molar-refractivity contribution in [2.24, 2.45) is 0 Å². The van der Waals surface area contributed by atoms with Crippen LogP contribution in [0.25, 0.3) is 0 Å². The van der Waals surface area contributed by atoms with Crippen molar-refractivity contribution < 1.29 is 4.79 Å². The van der Waals surface area contributed by atoms with Crippen LogP contribution in [-0.2, 0) is 17.6 Å². The molecule has 21 heavy (non-hydrogen) atoms. The molecule has 0 aromatic heterocycles. The summed E-state index contributed by atoms with van der Waals surface area (Å²) in [5.41, 5.74) is 3.64. The molecule has 0 aliphatic heterocycles. The van der Waals surface area contributed by atoms with Crippen LogP contribution in [0.15, 0.2) is 53.0 Å². The van der Waals surface area contributed by atoms with Gasteiger partial charge in [-0.25, -0.2) is 0 Å². The summed E-state index contributed by atoms with van der Waals surface area (Å²) in [5.74, 6) is 0.0809. The number of benzene rings is 2. The maximum Gasteiger partial charge on any atom is 0.224 e. The topological polar surface area (TPSA) is 29.1 Å². The van der Waals surface area contributed by atoms with E-state index in [1.54, 1.807) is 0 Å². The number of hydrogen-bond acceptors (Lipinski definition) is 1. The molecule has 0 saturated carbocycles. The third-order valence-corrected chi connectivity index (χ3v) is 3.79. The lowest BCUT2D eigenvalue weighted by Gasteiger charge is -2.06. The van der Waals surface area contributed by atoms with Crippen molar-refractivity contribution in [1.82, 2.24) is 5.32 Å². The number of nitrogens with one attached hydrogen (secondary N) is 1. The molecule has 0 radical (unpaired) electrons. The van der Waals surface area contributed by atoms with E-state index in [2.05, 4.69) is 52.4 Å². The molecule has 0 spiro atoms. The predicted molar refractivity (Wildman–Crippen MR) is 90.4 cm³/mol. The van der Waals surface area contributed by atoms with Gasteiger partial charge in [0.05, 0.1) is 6.42 Å². The van der Waals surface area contributed by atoms with Crippen molar-refractivity contribution in [3.05, 3.63) is 69.7 Å². The van der Waals surface area contributed by atoms with Gasteiger partial charge < -0.3 is 5.32 Å². The Kier molecular flexibility index (Phi) is 6.00. The van der Waals surface area contributed by atoms with E-state index in [0.29, 0.717) is 6.42 Å². The first-order chi connectivity index (χ1) is 10.1. The van der Waals surface area contributed by atoms with E-state index in [1.807, 2.05) is 24.3 Å². The van der Waals surface area contributed by atoms with Crippen LogP contribution in [-0.4, -0.2) is 12.5 Å². The Morgan fingerprint density at radius 1 is 1.10 bits per heavy atom. The Hall–Kier alpha value is -1.61. The van der Waals surface area contributed by atoms with Crippen LogP contribution >= 0.6 is 15.9 Å². The van der Waals surface area contributed by atoms with E-state index >= 15 is 0 Å². The lowest BCUT2D eigenvalue weighted by Crippen LogP contribution is -2.26. The molecule has 2 nitrogen and oxygen atoms in total. The van der Waals surface area contributed by atoms with Crippen LogP contribution in [0.4, 0.5) is 0 Å². The van der Waals surface area contributed by atoms with Gasteiger partial charge in [0.25, 0.3) is 0 Å². The van der Waals surface area contributed by atoms with E-state index in [9.17, 15) is 4.79 Å². The number of halogens is 1. The summed E-state index contributed by atoms with van der Waals surface area (Å²) in [5, 5.41) is 2.98. The molecule has 0 saturated heterocycles. The lowest BCUT2D eigenvalue weighted by molar-refractivity contribution is -0.120. The van der Waals surface area contributed by atoms with Crippen LogP contribution in [0.1, 0.15) is 23.1 Å². The van der Waals surface area contributed by atoms with Crippen LogP contribution in [0.2, 0.25) is 0 Å². The zero-order valence-corrected chi connectivity index (χ0v) is 13.8. The zero-order valence-electron chi connectivity index (χ0n) is 12.2. The fourth-order valence-corrected chi connectivity index (χ4v) is 2.73. The van der Waals surface area contributed by atoms with Gasteiger partial charge in [-0.1, -0.05) is 57.9 Å². The SMILES string of the molecule is Cc1cccc(CCCNC(=O)Cc2cccc(Br)c2)c1. The molecule has 2 rings (SSSR count). The van der Waals surface area contributed by atoms with Gasteiger partial charge in [-0.2, -0.15) is 0 Å². The van der Waals surface area contributed by atoms with Gasteiger partial charge in [-0.15, -0.1) is 0 Å². The summed E-state index contributed by atoms with van der Waals surface area (Å²) in [6.45, 7) is 2.82. The summed E-state index contributed by atoms with van der Waals surface area (Å²) < 4.78 is 1.01. The number of carbonyl (C=O) groups excluding carboxylic acids is 1. The quantitative estimate of drug-likeness (QED) is 0.786. The van der Waals surface area contributed by atoms with Crippen LogP contribution in [0, 0.1) is 6.92 Å². The van der Waals surface area contributed by atoms with Gasteiger partial charge in [-0.3, -0.25) is 4.79 Å². The van der Waals surface area contributed by atoms with E-state index in [1.165, 1.54) is 11.1 Å². The highest BCUT2D eigenvalue weighted by atomic mass is 79.9. The van der Waals surface area contributed by atoms with Gasteiger partial charge in [0.2, 0.25) is 5.91 Å². The minimum Gasteiger partial charge on any atom is -0.356 e. The smallest absolute Gasteiger partial charge is 0.224 e. The van der Waals surface area contributed by atoms with Gasteiger partial charge in [0.1, 0.15) is 0 Å².